The number of hydrogen-bond acceptors (Lipinski definition) is 0. The second-order valence-electron chi connectivity index (χ2n) is 3.77. The molecule has 4 nitrogen and oxygen atoms in total. The fourth-order valence-electron chi connectivity index (χ4n) is 1.46. The van der Waals surface area contributed by atoms with Gasteiger partial charge in [-0.3, -0.25) is 0 Å². The Morgan fingerprint density at radius 1 is 0.833 bits per heavy atom. The quantitative estimate of drug-likeness (QED) is 0.189. The molecule has 2 heterocycles. The van der Waals surface area contributed by atoms with Crippen molar-refractivity contribution in [3.05, 3.63) is 24.8 Å². The van der Waals surface area contributed by atoms with Gasteiger partial charge in [0.15, 0.2) is 0 Å². The number of aromatic nitrogens is 4. The maximum absolute atomic E-state index is 2.23. The molecule has 0 aromatic carbocycles. The molecule has 0 fully saturated rings. The van der Waals surface area contributed by atoms with Gasteiger partial charge in [0.25, 0.3) is 0 Å². The van der Waals surface area contributed by atoms with Crippen LogP contribution in [0.1, 0.15) is 0 Å². The molecule has 0 unspecified atom stereocenters. The summed E-state index contributed by atoms with van der Waals surface area (Å²) in [6.07, 6.45) is 8.49. The van der Waals surface area contributed by atoms with E-state index in [9.17, 15) is 0 Å². The van der Waals surface area contributed by atoms with Gasteiger partial charge in [-0.25, -0.2) is 0 Å². The first-order valence-electron chi connectivity index (χ1n) is 4.96. The van der Waals surface area contributed by atoms with Crippen LogP contribution in [0.4, 0.5) is 0 Å². The Kier molecular flexibility index (Phi) is 8.68. The van der Waals surface area contributed by atoms with Crippen LogP contribution in [0, 0.1) is 0 Å². The van der Waals surface area contributed by atoms with E-state index in [2.05, 4.69) is 71.2 Å². The van der Waals surface area contributed by atoms with Crippen molar-refractivity contribution in [3.63, 3.8) is 0 Å². The van der Waals surface area contributed by atoms with Crippen LogP contribution in [0.5, 0.6) is 0 Å². The van der Waals surface area contributed by atoms with Crippen molar-refractivity contribution in [2.24, 2.45) is 28.2 Å². The Labute approximate surface area is 153 Å². The molecule has 2 aromatic rings. The van der Waals surface area contributed by atoms with Crippen LogP contribution in [0.25, 0.3) is 0 Å². The van der Waals surface area contributed by atoms with Crippen molar-refractivity contribution < 1.29 is 57.1 Å². The molecule has 0 bridgehead atoms. The molecule has 102 valence electrons. The first kappa shape index (κ1) is 18.9. The minimum absolute atomic E-state index is 0. The average molecular weight is 604 g/mol. The zero-order chi connectivity index (χ0) is 11.7. The van der Waals surface area contributed by atoms with Crippen LogP contribution >= 0.6 is 0 Å². The summed E-state index contributed by atoms with van der Waals surface area (Å²) in [4.78, 5) is 0. The fourth-order valence-corrected chi connectivity index (χ4v) is 10.0. The molecule has 2 rings (SSSR count). The van der Waals surface area contributed by atoms with E-state index in [0.717, 1.165) is 0 Å². The van der Waals surface area contributed by atoms with Gasteiger partial charge < -0.3 is 48.0 Å². The van der Waals surface area contributed by atoms with Gasteiger partial charge in [0.2, 0.25) is 0 Å². The third-order valence-electron chi connectivity index (χ3n) is 2.43. The number of nitrogens with zero attached hydrogens (tertiary/aromatic N) is 4. The summed E-state index contributed by atoms with van der Waals surface area (Å²) >= 11 is 1.06. The molecule has 0 aliphatic rings. The minimum atomic E-state index is 0. The molecule has 0 N–H and O–H groups in total. The first-order valence-corrected chi connectivity index (χ1v) is 11.0. The largest absolute Gasteiger partial charge is 1.00 e. The Balaban J connectivity index is 0.00000144. The van der Waals surface area contributed by atoms with Gasteiger partial charge >= 0.3 is 107 Å². The van der Waals surface area contributed by atoms with Crippen molar-refractivity contribution in [2.45, 2.75) is 0 Å². The molecule has 0 saturated heterocycles. The van der Waals surface area contributed by atoms with E-state index in [1.165, 1.54) is 9.45 Å². The maximum atomic E-state index is 2.23. The number of imidazole rings is 2. The Bertz CT molecular complexity index is 425. The number of halogens is 2. The van der Waals surface area contributed by atoms with E-state index in [-0.39, 0.29) is 48.0 Å². The van der Waals surface area contributed by atoms with E-state index < -0.39 is 0 Å². The first-order chi connectivity index (χ1) is 7.59. The molecule has 0 amide bonds. The fraction of sp³-hybridized carbons (Fsp3) is 0.400. The Morgan fingerprint density at radius 3 is 1.39 bits per heavy atom. The molecule has 0 spiro atoms. The summed E-state index contributed by atoms with van der Waals surface area (Å²) in [5.41, 5.74) is 0. The molecule has 0 atom stereocenters. The minimum Gasteiger partial charge on any atom is -1.00 e. The molecular weight excluding hydrogens is 588 g/mol. The Morgan fingerprint density at radius 2 is 1.17 bits per heavy atom. The number of rotatable bonds is 3. The Hall–Kier alpha value is 0.919. The smallest absolute Gasteiger partial charge is 1.00 e. The van der Waals surface area contributed by atoms with Crippen molar-refractivity contribution in [1.29, 1.82) is 0 Å². The molecule has 0 saturated carbocycles. The van der Waals surface area contributed by atoms with Crippen LogP contribution < -0.4 is 66.5 Å². The second-order valence-corrected chi connectivity index (χ2v) is 9.64. The zero-order valence-electron chi connectivity index (χ0n) is 10.7. The van der Waals surface area contributed by atoms with E-state index in [1.807, 2.05) is 0 Å². The summed E-state index contributed by atoms with van der Waals surface area (Å²) in [6.45, 7) is 0. The van der Waals surface area contributed by atoms with Gasteiger partial charge in [0, 0.05) is 0 Å². The third-order valence-corrected chi connectivity index (χ3v) is 9.80. The van der Waals surface area contributed by atoms with Gasteiger partial charge in [0.05, 0.1) is 0 Å². The average Bonchev–Trinajstić information content (AvgIpc) is 2.72. The van der Waals surface area contributed by atoms with Gasteiger partial charge in [-0.1, -0.05) is 0 Å². The van der Waals surface area contributed by atoms with Crippen molar-refractivity contribution in [1.82, 2.24) is 9.13 Å². The molecule has 0 radical (unpaired) electrons. The van der Waals surface area contributed by atoms with E-state index in [4.69, 9.17) is 0 Å². The molecule has 2 aromatic heterocycles. The molecule has 0 aliphatic heterocycles. The standard InChI is InChI=1S/C10H16N4Se2.2HI/c1-11-5-6-12(2)9(11)15-16-10-13(3)7-8-14(10)4;;/h5-8H,1-4H3;2*1H/q+2;;/p-2. The van der Waals surface area contributed by atoms with Crippen LogP contribution in [-0.2, 0) is 28.2 Å². The summed E-state index contributed by atoms with van der Waals surface area (Å²) in [5.74, 6) is 0. The third kappa shape index (κ3) is 4.21. The van der Waals surface area contributed by atoms with Gasteiger partial charge in [-0.05, 0) is 0 Å². The predicted octanol–water partition coefficient (Wildman–Crippen LogP) is -8.71. The SMILES string of the molecule is Cn1cc[n+](C)c1[Se][Se]c1n(C)cc[n+]1C.[I-].[I-]. The van der Waals surface area contributed by atoms with E-state index >= 15 is 0 Å². The van der Waals surface area contributed by atoms with Crippen LogP contribution in [-0.4, -0.2) is 35.4 Å². The van der Waals surface area contributed by atoms with Crippen LogP contribution in [0.2, 0.25) is 0 Å². The van der Waals surface area contributed by atoms with Crippen molar-refractivity contribution >= 4 is 35.7 Å². The van der Waals surface area contributed by atoms with E-state index in [0.29, 0.717) is 26.3 Å². The maximum Gasteiger partial charge on any atom is -1.00 e. The van der Waals surface area contributed by atoms with Gasteiger partial charge in [0.1, 0.15) is 0 Å². The van der Waals surface area contributed by atoms with Gasteiger partial charge in [-0.15, -0.1) is 0 Å². The van der Waals surface area contributed by atoms with Crippen LogP contribution in [0.15, 0.2) is 24.8 Å². The molecule has 8 heteroatoms. The van der Waals surface area contributed by atoms with Crippen molar-refractivity contribution in [2.75, 3.05) is 0 Å². The normalized spacial score (nSPS) is 9.78. The zero-order valence-corrected chi connectivity index (χ0v) is 18.4. The molecular formula is C10H16I2N4Se2. The number of aryl methyl sites for hydroxylation is 4. The topological polar surface area (TPSA) is 17.6 Å². The van der Waals surface area contributed by atoms with E-state index in [1.54, 1.807) is 0 Å². The summed E-state index contributed by atoms with van der Waals surface area (Å²) < 4.78 is 11.8. The monoisotopic (exact) mass is 606 g/mol. The summed E-state index contributed by atoms with van der Waals surface area (Å²) in [5, 5.41) is 0. The van der Waals surface area contributed by atoms with Crippen molar-refractivity contribution in [3.8, 4) is 0 Å². The number of hydrogen-bond donors (Lipinski definition) is 0. The predicted molar refractivity (Wildman–Crippen MR) is 64.0 cm³/mol. The van der Waals surface area contributed by atoms with Gasteiger partial charge in [-0.2, -0.15) is 0 Å². The summed E-state index contributed by atoms with van der Waals surface area (Å²) in [7, 11) is 8.49. The summed E-state index contributed by atoms with van der Waals surface area (Å²) in [6, 6.07) is 0. The molecule has 0 aliphatic carbocycles. The second kappa shape index (κ2) is 8.26. The molecule has 18 heavy (non-hydrogen) atoms. The van der Waals surface area contributed by atoms with Crippen LogP contribution in [0.3, 0.4) is 0 Å².